The van der Waals surface area contributed by atoms with E-state index in [0.717, 1.165) is 37.8 Å². The number of nitrogens with zero attached hydrogens (tertiary/aromatic N) is 3. The van der Waals surface area contributed by atoms with E-state index in [4.69, 9.17) is 0 Å². The van der Waals surface area contributed by atoms with Gasteiger partial charge in [-0.05, 0) is 43.5 Å². The predicted octanol–water partition coefficient (Wildman–Crippen LogP) is 1.23. The number of amides is 1. The maximum atomic E-state index is 12.8. The molecule has 1 saturated carbocycles. The second-order valence-corrected chi connectivity index (χ2v) is 11.0. The Bertz CT molecular complexity index is 966. The maximum Gasteiger partial charge on any atom is 0.242 e. The van der Waals surface area contributed by atoms with Gasteiger partial charge in [0.25, 0.3) is 0 Å². The zero-order valence-corrected chi connectivity index (χ0v) is 18.8. The summed E-state index contributed by atoms with van der Waals surface area (Å²) in [6.45, 7) is 0.630. The van der Waals surface area contributed by atoms with Gasteiger partial charge in [0.15, 0.2) is 0 Å². The van der Waals surface area contributed by atoms with Crippen LogP contribution in [-0.4, -0.2) is 62.0 Å². The van der Waals surface area contributed by atoms with Crippen molar-refractivity contribution in [2.75, 3.05) is 26.0 Å². The summed E-state index contributed by atoms with van der Waals surface area (Å²) in [6.07, 6.45) is 5.00. The Balaban J connectivity index is 1.58. The van der Waals surface area contributed by atoms with Crippen LogP contribution in [-0.2, 0) is 14.8 Å². The van der Waals surface area contributed by atoms with Crippen molar-refractivity contribution in [1.82, 2.24) is 20.1 Å². The van der Waals surface area contributed by atoms with Crippen molar-refractivity contribution < 1.29 is 13.2 Å². The van der Waals surface area contributed by atoms with Crippen LogP contribution in [0.15, 0.2) is 29.2 Å². The van der Waals surface area contributed by atoms with Crippen LogP contribution >= 0.6 is 0 Å². The van der Waals surface area contributed by atoms with Gasteiger partial charge in [0.2, 0.25) is 15.9 Å². The lowest BCUT2D eigenvalue weighted by Crippen LogP contribution is -2.57. The van der Waals surface area contributed by atoms with Crippen LogP contribution in [0.1, 0.15) is 38.5 Å². The molecule has 31 heavy (non-hydrogen) atoms. The lowest BCUT2D eigenvalue weighted by molar-refractivity contribution is -0.128. The molecule has 10 heteroatoms. The van der Waals surface area contributed by atoms with E-state index in [-0.39, 0.29) is 34.5 Å². The van der Waals surface area contributed by atoms with Gasteiger partial charge in [-0.15, -0.1) is 0 Å². The zero-order valence-electron chi connectivity index (χ0n) is 18.0. The Hall–Kier alpha value is -2.19. The third-order valence-corrected chi connectivity index (χ3v) is 8.66. The summed E-state index contributed by atoms with van der Waals surface area (Å²) in [5.74, 6) is -0.296. The summed E-state index contributed by atoms with van der Waals surface area (Å²) in [5, 5.41) is 18.0. The fraction of sp³-hybridized carbons (Fsp3) is 0.619. The SMILES string of the molecule is CN(C)S(=O)(=O)c1ccc(NC2NN(C3(CC#N)CCCC3)C3CCNC(=O)C23)cc1. The second kappa shape index (κ2) is 8.39. The Morgan fingerprint density at radius 3 is 2.55 bits per heavy atom. The lowest BCUT2D eigenvalue weighted by atomic mass is 9.86. The molecule has 1 amide bonds. The highest BCUT2D eigenvalue weighted by atomic mass is 32.2. The van der Waals surface area contributed by atoms with Crippen molar-refractivity contribution in [3.63, 3.8) is 0 Å². The molecular formula is C21H30N6O3S. The molecule has 9 nitrogen and oxygen atoms in total. The molecule has 3 unspecified atom stereocenters. The number of anilines is 1. The smallest absolute Gasteiger partial charge is 0.242 e. The van der Waals surface area contributed by atoms with Gasteiger partial charge in [-0.25, -0.2) is 23.2 Å². The molecule has 1 aromatic rings. The number of benzene rings is 1. The maximum absolute atomic E-state index is 12.8. The van der Waals surface area contributed by atoms with E-state index in [1.54, 1.807) is 24.3 Å². The number of hydrazine groups is 1. The minimum atomic E-state index is -3.50. The van der Waals surface area contributed by atoms with Crippen molar-refractivity contribution in [1.29, 1.82) is 5.26 Å². The van der Waals surface area contributed by atoms with Gasteiger partial charge in [0, 0.05) is 37.9 Å². The summed E-state index contributed by atoms with van der Waals surface area (Å²) in [4.78, 5) is 13.0. The van der Waals surface area contributed by atoms with Crippen LogP contribution in [0.4, 0.5) is 5.69 Å². The molecule has 2 saturated heterocycles. The number of carbonyl (C=O) groups excluding carboxylic acids is 1. The number of hydrogen-bond donors (Lipinski definition) is 3. The quantitative estimate of drug-likeness (QED) is 0.601. The molecule has 3 aliphatic rings. The summed E-state index contributed by atoms with van der Waals surface area (Å²) >= 11 is 0. The minimum absolute atomic E-state index is 0.000611. The average molecular weight is 447 g/mol. The summed E-state index contributed by atoms with van der Waals surface area (Å²) < 4.78 is 25.8. The van der Waals surface area contributed by atoms with E-state index in [1.165, 1.54) is 18.4 Å². The molecule has 4 rings (SSSR count). The van der Waals surface area contributed by atoms with Crippen LogP contribution < -0.4 is 16.1 Å². The van der Waals surface area contributed by atoms with E-state index in [2.05, 4.69) is 27.1 Å². The van der Waals surface area contributed by atoms with Gasteiger partial charge in [-0.3, -0.25) is 4.79 Å². The Morgan fingerprint density at radius 1 is 1.26 bits per heavy atom. The molecule has 2 aliphatic heterocycles. The third-order valence-electron chi connectivity index (χ3n) is 6.83. The second-order valence-electron chi connectivity index (χ2n) is 8.87. The minimum Gasteiger partial charge on any atom is -0.368 e. The standard InChI is InChI=1S/C21H30N6O3S/c1-26(2)31(29,30)16-7-5-15(6-8-16)24-19-18-17(9-14-23-20(18)28)27(25-19)21(12-13-22)10-3-4-11-21/h5-8,17-19,24-25H,3-4,9-12,14H2,1-2H3,(H,23,28). The predicted molar refractivity (Wildman–Crippen MR) is 116 cm³/mol. The third kappa shape index (κ3) is 3.91. The van der Waals surface area contributed by atoms with Gasteiger partial charge < -0.3 is 10.6 Å². The summed E-state index contributed by atoms with van der Waals surface area (Å²) in [7, 11) is -0.495. The first kappa shape index (κ1) is 22.0. The lowest BCUT2D eigenvalue weighted by Gasteiger charge is -2.42. The van der Waals surface area contributed by atoms with Crippen LogP contribution in [0.5, 0.6) is 0 Å². The van der Waals surface area contributed by atoms with E-state index >= 15 is 0 Å². The van der Waals surface area contributed by atoms with Crippen LogP contribution in [0.3, 0.4) is 0 Å². The van der Waals surface area contributed by atoms with E-state index in [1.807, 2.05) is 0 Å². The molecule has 0 aromatic heterocycles. The van der Waals surface area contributed by atoms with Crippen molar-refractivity contribution in [2.24, 2.45) is 5.92 Å². The normalized spacial score (nSPS) is 28.2. The van der Waals surface area contributed by atoms with Crippen molar-refractivity contribution >= 4 is 21.6 Å². The van der Waals surface area contributed by atoms with E-state index in [0.29, 0.717) is 13.0 Å². The molecule has 3 atom stereocenters. The molecule has 1 aromatic carbocycles. The highest BCUT2D eigenvalue weighted by Crippen LogP contribution is 2.43. The molecule has 0 spiro atoms. The first-order chi connectivity index (χ1) is 14.8. The fourth-order valence-corrected chi connectivity index (χ4v) is 6.11. The molecule has 3 N–H and O–H groups in total. The fourth-order valence-electron chi connectivity index (χ4n) is 5.21. The first-order valence-electron chi connectivity index (χ1n) is 10.8. The molecule has 2 heterocycles. The van der Waals surface area contributed by atoms with Crippen LogP contribution in [0.25, 0.3) is 0 Å². The number of nitrogens with one attached hydrogen (secondary N) is 3. The summed E-state index contributed by atoms with van der Waals surface area (Å²) in [5.41, 5.74) is 4.02. The number of carbonyl (C=O) groups is 1. The van der Waals surface area contributed by atoms with Gasteiger partial charge in [0.1, 0.15) is 6.17 Å². The Morgan fingerprint density at radius 2 is 1.94 bits per heavy atom. The average Bonchev–Trinajstić information content (AvgIpc) is 3.35. The van der Waals surface area contributed by atoms with E-state index < -0.39 is 10.0 Å². The topological polar surface area (TPSA) is 118 Å². The molecule has 0 bridgehead atoms. The number of nitriles is 1. The molecule has 3 fully saturated rings. The first-order valence-corrected chi connectivity index (χ1v) is 12.2. The van der Waals surface area contributed by atoms with Gasteiger partial charge in [-0.2, -0.15) is 5.26 Å². The molecule has 0 radical (unpaired) electrons. The van der Waals surface area contributed by atoms with Crippen LogP contribution in [0, 0.1) is 17.2 Å². The van der Waals surface area contributed by atoms with Gasteiger partial charge in [0.05, 0.1) is 23.3 Å². The Kier molecular flexibility index (Phi) is 5.96. The summed E-state index contributed by atoms with van der Waals surface area (Å²) in [6, 6.07) is 8.96. The molecular weight excluding hydrogens is 416 g/mol. The number of sulfonamides is 1. The number of piperidine rings is 1. The van der Waals surface area contributed by atoms with Crippen LogP contribution in [0.2, 0.25) is 0 Å². The van der Waals surface area contributed by atoms with Crippen molar-refractivity contribution in [3.05, 3.63) is 24.3 Å². The Labute approximate surface area is 183 Å². The van der Waals surface area contributed by atoms with Crippen molar-refractivity contribution in [2.45, 2.75) is 61.2 Å². The van der Waals surface area contributed by atoms with Gasteiger partial charge in [-0.1, -0.05) is 12.8 Å². The van der Waals surface area contributed by atoms with Crippen molar-refractivity contribution in [3.8, 4) is 6.07 Å². The molecule has 1 aliphatic carbocycles. The number of hydrogen-bond acceptors (Lipinski definition) is 7. The molecule has 168 valence electrons. The number of fused-ring (bicyclic) bond motifs is 1. The zero-order chi connectivity index (χ0) is 22.2. The number of rotatable bonds is 6. The van der Waals surface area contributed by atoms with Gasteiger partial charge >= 0.3 is 0 Å². The highest BCUT2D eigenvalue weighted by Gasteiger charge is 2.54. The largest absolute Gasteiger partial charge is 0.368 e. The monoisotopic (exact) mass is 446 g/mol. The highest BCUT2D eigenvalue weighted by molar-refractivity contribution is 7.89. The van der Waals surface area contributed by atoms with E-state index in [9.17, 15) is 18.5 Å².